The second-order valence-corrected chi connectivity index (χ2v) is 6.19. The molecule has 1 aliphatic carbocycles. The van der Waals surface area contributed by atoms with E-state index in [-0.39, 0.29) is 11.6 Å². The van der Waals surface area contributed by atoms with Crippen molar-refractivity contribution >= 4 is 11.7 Å². The van der Waals surface area contributed by atoms with Gasteiger partial charge in [-0.1, -0.05) is 18.2 Å². The van der Waals surface area contributed by atoms with Crippen LogP contribution >= 0.6 is 0 Å². The van der Waals surface area contributed by atoms with Gasteiger partial charge in [0.15, 0.2) is 0 Å². The van der Waals surface area contributed by atoms with Gasteiger partial charge in [-0.2, -0.15) is 0 Å². The number of amides is 2. The summed E-state index contributed by atoms with van der Waals surface area (Å²) in [5.74, 6) is 0.823. The van der Waals surface area contributed by atoms with Gasteiger partial charge >= 0.3 is 6.03 Å². The summed E-state index contributed by atoms with van der Waals surface area (Å²) in [6.45, 7) is 4.10. The quantitative estimate of drug-likeness (QED) is 0.892. The number of carbonyl (C=O) groups is 1. The van der Waals surface area contributed by atoms with Gasteiger partial charge in [-0.3, -0.25) is 0 Å². The highest BCUT2D eigenvalue weighted by Crippen LogP contribution is 2.45. The number of urea groups is 1. The molecule has 0 aliphatic heterocycles. The molecular weight excluding hydrogens is 288 g/mol. The Morgan fingerprint density at radius 2 is 1.74 bits per heavy atom. The van der Waals surface area contributed by atoms with Crippen LogP contribution in [0.25, 0.3) is 0 Å². The third-order valence-electron chi connectivity index (χ3n) is 4.51. The number of hydrogen-bond acceptors (Lipinski definition) is 2. The molecule has 3 rings (SSSR count). The molecule has 23 heavy (non-hydrogen) atoms. The molecule has 0 aromatic heterocycles. The van der Waals surface area contributed by atoms with Crippen LogP contribution in [-0.4, -0.2) is 13.1 Å². The van der Waals surface area contributed by atoms with E-state index in [1.807, 2.05) is 49.4 Å². The maximum atomic E-state index is 12.3. The van der Waals surface area contributed by atoms with Crippen molar-refractivity contribution in [3.05, 3.63) is 59.2 Å². The number of ether oxygens (including phenoxy) is 1. The van der Waals surface area contributed by atoms with Crippen LogP contribution in [0.1, 0.15) is 29.5 Å². The Labute approximate surface area is 136 Å². The van der Waals surface area contributed by atoms with Crippen molar-refractivity contribution in [3.63, 3.8) is 0 Å². The highest BCUT2D eigenvalue weighted by molar-refractivity contribution is 5.90. The smallest absolute Gasteiger partial charge is 0.319 e. The van der Waals surface area contributed by atoms with Crippen LogP contribution in [0.15, 0.2) is 42.5 Å². The average molecular weight is 310 g/mol. The van der Waals surface area contributed by atoms with Crippen LogP contribution in [0.4, 0.5) is 10.5 Å². The van der Waals surface area contributed by atoms with Gasteiger partial charge in [0.05, 0.1) is 12.6 Å². The van der Waals surface area contributed by atoms with E-state index in [2.05, 4.69) is 17.6 Å². The molecule has 1 aliphatic rings. The molecule has 4 heteroatoms. The fourth-order valence-electron chi connectivity index (χ4n) is 2.72. The fraction of sp³-hybridized carbons (Fsp3) is 0.316. The molecule has 0 heterocycles. The standard InChI is InChI=1S/C19H22N2O2/c1-13-4-7-16(12-14(13)2)20-18(22)21-19(10-11-19)15-5-8-17(23-3)9-6-15/h4-9,12H,10-11H2,1-3H3,(H2,20,21,22). The van der Waals surface area contributed by atoms with E-state index >= 15 is 0 Å². The molecular formula is C19H22N2O2. The van der Waals surface area contributed by atoms with Crippen molar-refractivity contribution in [1.29, 1.82) is 0 Å². The summed E-state index contributed by atoms with van der Waals surface area (Å²) in [6, 6.07) is 13.7. The molecule has 1 saturated carbocycles. The van der Waals surface area contributed by atoms with E-state index < -0.39 is 0 Å². The average Bonchev–Trinajstić information content (AvgIpc) is 3.31. The number of hydrogen-bond donors (Lipinski definition) is 2. The first-order chi connectivity index (χ1) is 11.0. The Bertz CT molecular complexity index is 719. The lowest BCUT2D eigenvalue weighted by Gasteiger charge is -2.19. The molecule has 2 aromatic rings. The van der Waals surface area contributed by atoms with Crippen molar-refractivity contribution in [3.8, 4) is 5.75 Å². The van der Waals surface area contributed by atoms with E-state index in [0.717, 1.165) is 29.8 Å². The SMILES string of the molecule is COc1ccc(C2(NC(=O)Nc3ccc(C)c(C)c3)CC2)cc1. The van der Waals surface area contributed by atoms with E-state index in [1.165, 1.54) is 11.1 Å². The zero-order valence-corrected chi connectivity index (χ0v) is 13.8. The Morgan fingerprint density at radius 1 is 1.04 bits per heavy atom. The molecule has 0 bridgehead atoms. The number of nitrogens with one attached hydrogen (secondary N) is 2. The van der Waals surface area contributed by atoms with Crippen molar-refractivity contribution in [2.24, 2.45) is 0 Å². The molecule has 0 unspecified atom stereocenters. The summed E-state index contributed by atoms with van der Waals surface area (Å²) in [5, 5.41) is 6.04. The molecule has 2 aromatic carbocycles. The van der Waals surface area contributed by atoms with Crippen LogP contribution in [-0.2, 0) is 5.54 Å². The van der Waals surface area contributed by atoms with Crippen LogP contribution < -0.4 is 15.4 Å². The van der Waals surface area contributed by atoms with Crippen LogP contribution in [0, 0.1) is 13.8 Å². The second kappa shape index (κ2) is 5.95. The third-order valence-corrected chi connectivity index (χ3v) is 4.51. The number of carbonyl (C=O) groups excluding carboxylic acids is 1. The van der Waals surface area contributed by atoms with Crippen molar-refractivity contribution in [2.75, 3.05) is 12.4 Å². The molecule has 1 fully saturated rings. The summed E-state index contributed by atoms with van der Waals surface area (Å²) in [4.78, 5) is 12.3. The molecule has 0 saturated heterocycles. The normalized spacial score (nSPS) is 14.9. The zero-order valence-electron chi connectivity index (χ0n) is 13.8. The fourth-order valence-corrected chi connectivity index (χ4v) is 2.72. The largest absolute Gasteiger partial charge is 0.497 e. The molecule has 0 atom stereocenters. The third kappa shape index (κ3) is 3.31. The van der Waals surface area contributed by atoms with E-state index in [4.69, 9.17) is 4.74 Å². The second-order valence-electron chi connectivity index (χ2n) is 6.19. The summed E-state index contributed by atoms with van der Waals surface area (Å²) in [5.41, 5.74) is 4.08. The first kappa shape index (κ1) is 15.4. The topological polar surface area (TPSA) is 50.4 Å². The van der Waals surface area contributed by atoms with Gasteiger partial charge in [-0.15, -0.1) is 0 Å². The minimum Gasteiger partial charge on any atom is -0.497 e. The molecule has 2 amide bonds. The predicted octanol–water partition coefficient (Wildman–Crippen LogP) is 4.12. The Balaban J connectivity index is 1.67. The van der Waals surface area contributed by atoms with E-state index in [1.54, 1.807) is 7.11 Å². The van der Waals surface area contributed by atoms with Crippen molar-refractivity contribution in [1.82, 2.24) is 5.32 Å². The number of methoxy groups -OCH3 is 1. The lowest BCUT2D eigenvalue weighted by Crippen LogP contribution is -2.38. The minimum atomic E-state index is -0.240. The van der Waals surface area contributed by atoms with Gasteiger partial charge in [-0.25, -0.2) is 4.79 Å². The van der Waals surface area contributed by atoms with Gasteiger partial charge in [0.1, 0.15) is 5.75 Å². The van der Waals surface area contributed by atoms with Gasteiger partial charge in [-0.05, 0) is 67.6 Å². The Morgan fingerprint density at radius 3 is 2.30 bits per heavy atom. The molecule has 2 N–H and O–H groups in total. The van der Waals surface area contributed by atoms with Gasteiger partial charge in [0, 0.05) is 5.69 Å². The number of benzene rings is 2. The molecule has 0 radical (unpaired) electrons. The predicted molar refractivity (Wildman–Crippen MR) is 92.0 cm³/mol. The highest BCUT2D eigenvalue weighted by Gasteiger charge is 2.45. The lowest BCUT2D eigenvalue weighted by atomic mass is 10.1. The summed E-state index contributed by atoms with van der Waals surface area (Å²) < 4.78 is 5.18. The Kier molecular flexibility index (Phi) is 3.99. The number of anilines is 1. The molecule has 120 valence electrons. The summed E-state index contributed by atoms with van der Waals surface area (Å²) >= 11 is 0. The van der Waals surface area contributed by atoms with Gasteiger partial charge in [0.25, 0.3) is 0 Å². The van der Waals surface area contributed by atoms with Crippen molar-refractivity contribution in [2.45, 2.75) is 32.2 Å². The minimum absolute atomic E-state index is 0.165. The van der Waals surface area contributed by atoms with Crippen molar-refractivity contribution < 1.29 is 9.53 Å². The van der Waals surface area contributed by atoms with Gasteiger partial charge < -0.3 is 15.4 Å². The first-order valence-electron chi connectivity index (χ1n) is 7.83. The maximum Gasteiger partial charge on any atom is 0.319 e. The highest BCUT2D eigenvalue weighted by atomic mass is 16.5. The maximum absolute atomic E-state index is 12.3. The molecule has 4 nitrogen and oxygen atoms in total. The van der Waals surface area contributed by atoms with Crippen LogP contribution in [0.3, 0.4) is 0 Å². The lowest BCUT2D eigenvalue weighted by molar-refractivity contribution is 0.247. The van der Waals surface area contributed by atoms with Crippen LogP contribution in [0.2, 0.25) is 0 Å². The van der Waals surface area contributed by atoms with E-state index in [9.17, 15) is 4.79 Å². The van der Waals surface area contributed by atoms with Gasteiger partial charge in [0.2, 0.25) is 0 Å². The summed E-state index contributed by atoms with van der Waals surface area (Å²) in [7, 11) is 1.65. The van der Waals surface area contributed by atoms with Crippen LogP contribution in [0.5, 0.6) is 5.75 Å². The van der Waals surface area contributed by atoms with E-state index in [0.29, 0.717) is 0 Å². The molecule has 0 spiro atoms. The monoisotopic (exact) mass is 310 g/mol. The number of aryl methyl sites for hydroxylation is 2. The number of rotatable bonds is 4. The Hall–Kier alpha value is -2.49. The zero-order chi connectivity index (χ0) is 16.4. The first-order valence-corrected chi connectivity index (χ1v) is 7.83. The summed E-state index contributed by atoms with van der Waals surface area (Å²) in [6.07, 6.45) is 1.92.